The molecule has 0 aliphatic carbocycles. The summed E-state index contributed by atoms with van der Waals surface area (Å²) in [5, 5.41) is 11.2. The van der Waals surface area contributed by atoms with Crippen LogP contribution in [0.4, 0.5) is 5.69 Å². The Morgan fingerprint density at radius 3 is 1.96 bits per heavy atom. The molecule has 3 rings (SSSR count). The van der Waals surface area contributed by atoms with E-state index in [0.29, 0.717) is 11.5 Å². The van der Waals surface area contributed by atoms with Crippen LogP contribution in [0, 0.1) is 10.1 Å². The Kier molecular flexibility index (Phi) is 4.68. The average Bonchev–Trinajstić information content (AvgIpc) is 3.28. The van der Waals surface area contributed by atoms with Gasteiger partial charge in [-0.15, -0.1) is 0 Å². The number of nitro groups is 1. The highest BCUT2D eigenvalue weighted by atomic mass is 32.2. The third kappa shape index (κ3) is 3.62. The van der Waals surface area contributed by atoms with Gasteiger partial charge in [-0.3, -0.25) is 10.1 Å². The predicted octanol–water partition coefficient (Wildman–Crippen LogP) is 3.17. The lowest BCUT2D eigenvalue weighted by molar-refractivity contribution is -0.387. The molecule has 1 aromatic carbocycles. The fourth-order valence-corrected chi connectivity index (χ4v) is 3.87. The van der Waals surface area contributed by atoms with Crippen molar-refractivity contribution >= 4 is 15.7 Å². The summed E-state index contributed by atoms with van der Waals surface area (Å²) in [5.74, 6) is 0.822. The zero-order valence-electron chi connectivity index (χ0n) is 12.9. The van der Waals surface area contributed by atoms with Crippen LogP contribution >= 0.6 is 0 Å². The molecule has 130 valence electrons. The van der Waals surface area contributed by atoms with Crippen LogP contribution in [0.5, 0.6) is 0 Å². The van der Waals surface area contributed by atoms with E-state index in [0.717, 1.165) is 10.4 Å². The molecule has 8 nitrogen and oxygen atoms in total. The van der Waals surface area contributed by atoms with Crippen molar-refractivity contribution in [2.75, 3.05) is 0 Å². The molecule has 0 atom stereocenters. The molecular formula is C16H14N2O6S. The summed E-state index contributed by atoms with van der Waals surface area (Å²) in [6.07, 6.45) is 2.86. The summed E-state index contributed by atoms with van der Waals surface area (Å²) in [7, 11) is -4.16. The average molecular weight is 362 g/mol. The normalized spacial score (nSPS) is 11.7. The summed E-state index contributed by atoms with van der Waals surface area (Å²) >= 11 is 0. The fourth-order valence-electron chi connectivity index (χ4n) is 2.34. The number of nitro benzene ring substituents is 1. The molecule has 3 aromatic rings. The minimum atomic E-state index is -4.16. The Morgan fingerprint density at radius 2 is 1.48 bits per heavy atom. The van der Waals surface area contributed by atoms with Crippen LogP contribution in [0.2, 0.25) is 0 Å². The molecule has 25 heavy (non-hydrogen) atoms. The Hall–Kier alpha value is -2.91. The monoisotopic (exact) mass is 362 g/mol. The van der Waals surface area contributed by atoms with Crippen LogP contribution in [0.1, 0.15) is 11.5 Å². The van der Waals surface area contributed by atoms with Gasteiger partial charge in [-0.25, -0.2) is 8.42 Å². The van der Waals surface area contributed by atoms with E-state index in [2.05, 4.69) is 0 Å². The molecule has 0 N–H and O–H groups in total. The number of sulfonamides is 1. The maximum atomic E-state index is 13.0. The van der Waals surface area contributed by atoms with Crippen molar-refractivity contribution in [3.63, 3.8) is 0 Å². The quantitative estimate of drug-likeness (QED) is 0.472. The van der Waals surface area contributed by atoms with Crippen molar-refractivity contribution in [1.29, 1.82) is 0 Å². The maximum absolute atomic E-state index is 13.0. The van der Waals surface area contributed by atoms with Crippen LogP contribution in [-0.4, -0.2) is 17.6 Å². The summed E-state index contributed by atoms with van der Waals surface area (Å²) in [5.41, 5.74) is -0.480. The molecule has 0 saturated carbocycles. The van der Waals surface area contributed by atoms with E-state index in [1.807, 2.05) is 0 Å². The molecule has 0 amide bonds. The number of furan rings is 2. The Balaban J connectivity index is 2.03. The van der Waals surface area contributed by atoms with E-state index >= 15 is 0 Å². The van der Waals surface area contributed by atoms with Crippen LogP contribution in [0.15, 0.2) is 74.8 Å². The van der Waals surface area contributed by atoms with Gasteiger partial charge in [-0.05, 0) is 30.3 Å². The largest absolute Gasteiger partial charge is 0.468 e. The Labute approximate surface area is 143 Å². The second-order valence-electron chi connectivity index (χ2n) is 5.16. The first-order chi connectivity index (χ1) is 12.0. The number of para-hydroxylation sites is 1. The molecule has 0 unspecified atom stereocenters. The van der Waals surface area contributed by atoms with Crippen molar-refractivity contribution in [2.24, 2.45) is 0 Å². The first kappa shape index (κ1) is 16.9. The van der Waals surface area contributed by atoms with Crippen molar-refractivity contribution in [2.45, 2.75) is 18.0 Å². The van der Waals surface area contributed by atoms with Gasteiger partial charge < -0.3 is 8.83 Å². The number of nitrogens with zero attached hydrogens (tertiary/aromatic N) is 2. The number of hydrogen-bond acceptors (Lipinski definition) is 6. The second kappa shape index (κ2) is 6.91. The first-order valence-corrected chi connectivity index (χ1v) is 8.71. The van der Waals surface area contributed by atoms with Gasteiger partial charge >= 0.3 is 0 Å². The Bertz CT molecular complexity index is 912. The predicted molar refractivity (Wildman–Crippen MR) is 86.9 cm³/mol. The van der Waals surface area contributed by atoms with E-state index in [1.54, 1.807) is 24.3 Å². The highest BCUT2D eigenvalue weighted by Gasteiger charge is 2.32. The smallest absolute Gasteiger partial charge is 0.289 e. The number of hydrogen-bond donors (Lipinski definition) is 0. The number of benzene rings is 1. The second-order valence-corrected chi connectivity index (χ2v) is 7.06. The highest BCUT2D eigenvalue weighted by molar-refractivity contribution is 7.89. The minimum Gasteiger partial charge on any atom is -0.468 e. The van der Waals surface area contributed by atoms with Crippen LogP contribution in [0.25, 0.3) is 0 Å². The van der Waals surface area contributed by atoms with Gasteiger partial charge in [-0.2, -0.15) is 4.31 Å². The van der Waals surface area contributed by atoms with Gasteiger partial charge in [0, 0.05) is 6.07 Å². The summed E-state index contributed by atoms with van der Waals surface area (Å²) in [6.45, 7) is -0.163. The van der Waals surface area contributed by atoms with E-state index in [1.165, 1.54) is 30.7 Å². The van der Waals surface area contributed by atoms with E-state index in [9.17, 15) is 18.5 Å². The third-order valence-electron chi connectivity index (χ3n) is 3.50. The van der Waals surface area contributed by atoms with Gasteiger partial charge in [0.05, 0.1) is 30.5 Å². The molecule has 0 spiro atoms. The Morgan fingerprint density at radius 1 is 0.920 bits per heavy atom. The van der Waals surface area contributed by atoms with Gasteiger partial charge in [0.25, 0.3) is 15.7 Å². The molecule has 2 heterocycles. The summed E-state index contributed by atoms with van der Waals surface area (Å²) < 4.78 is 37.6. The van der Waals surface area contributed by atoms with Crippen LogP contribution < -0.4 is 0 Å². The fraction of sp³-hybridized carbons (Fsp3) is 0.125. The van der Waals surface area contributed by atoms with E-state index < -0.39 is 20.6 Å². The van der Waals surface area contributed by atoms with Crippen molar-refractivity contribution in [3.05, 3.63) is 82.7 Å². The molecule has 0 saturated heterocycles. The lowest BCUT2D eigenvalue weighted by Crippen LogP contribution is -2.30. The highest BCUT2D eigenvalue weighted by Crippen LogP contribution is 2.28. The third-order valence-corrected chi connectivity index (χ3v) is 5.34. The summed E-state index contributed by atoms with van der Waals surface area (Å²) in [4.78, 5) is 10.1. The SMILES string of the molecule is O=[N+]([O-])c1ccccc1S(=O)(=O)N(Cc1ccco1)Cc1ccco1. The van der Waals surface area contributed by atoms with Crippen LogP contribution in [0.3, 0.4) is 0 Å². The topological polar surface area (TPSA) is 107 Å². The van der Waals surface area contributed by atoms with E-state index in [-0.39, 0.29) is 18.0 Å². The standard InChI is InChI=1S/C16H14N2O6S/c19-18(20)15-7-1-2-8-16(15)25(21,22)17(11-13-5-3-9-23-13)12-14-6-4-10-24-14/h1-10H,11-12H2. The molecule has 2 aromatic heterocycles. The van der Waals surface area contributed by atoms with Crippen molar-refractivity contribution in [3.8, 4) is 0 Å². The van der Waals surface area contributed by atoms with E-state index in [4.69, 9.17) is 8.83 Å². The molecule has 0 radical (unpaired) electrons. The molecular weight excluding hydrogens is 348 g/mol. The maximum Gasteiger partial charge on any atom is 0.289 e. The van der Waals surface area contributed by atoms with Crippen molar-refractivity contribution in [1.82, 2.24) is 4.31 Å². The van der Waals surface area contributed by atoms with Crippen molar-refractivity contribution < 1.29 is 22.2 Å². The number of rotatable bonds is 7. The van der Waals surface area contributed by atoms with Gasteiger partial charge in [0.1, 0.15) is 11.5 Å². The zero-order valence-corrected chi connectivity index (χ0v) is 13.8. The van der Waals surface area contributed by atoms with Gasteiger partial charge in [0.2, 0.25) is 0 Å². The minimum absolute atomic E-state index is 0.0813. The molecule has 0 aliphatic rings. The molecule has 0 aliphatic heterocycles. The van der Waals surface area contributed by atoms with Gasteiger partial charge in [0.15, 0.2) is 4.90 Å². The zero-order chi connectivity index (χ0) is 17.9. The lowest BCUT2D eigenvalue weighted by atomic mass is 10.3. The van der Waals surface area contributed by atoms with Crippen LogP contribution in [-0.2, 0) is 23.1 Å². The molecule has 0 bridgehead atoms. The molecule has 9 heteroatoms. The van der Waals surface area contributed by atoms with Gasteiger partial charge in [-0.1, -0.05) is 12.1 Å². The molecule has 0 fully saturated rings. The summed E-state index contributed by atoms with van der Waals surface area (Å²) in [6, 6.07) is 11.8. The first-order valence-electron chi connectivity index (χ1n) is 7.27. The lowest BCUT2D eigenvalue weighted by Gasteiger charge is -2.20.